The van der Waals surface area contributed by atoms with Crippen molar-refractivity contribution in [2.75, 3.05) is 17.3 Å². The van der Waals surface area contributed by atoms with Gasteiger partial charge in [0.15, 0.2) is 5.82 Å². The molecule has 32 heavy (non-hydrogen) atoms. The number of carboxylic acids is 1. The molecule has 1 aromatic heterocycles. The molecule has 1 heterocycles. The zero-order valence-corrected chi connectivity index (χ0v) is 18.6. The summed E-state index contributed by atoms with van der Waals surface area (Å²) < 4.78 is 1.61. The molecule has 8 nitrogen and oxygen atoms in total. The predicted octanol–water partition coefficient (Wildman–Crippen LogP) is 3.28. The van der Waals surface area contributed by atoms with E-state index >= 15 is 0 Å². The third kappa shape index (κ3) is 5.55. The van der Waals surface area contributed by atoms with Gasteiger partial charge in [0.2, 0.25) is 0 Å². The number of rotatable bonds is 9. The number of aliphatic carboxylic acids is 1. The van der Waals surface area contributed by atoms with Gasteiger partial charge in [-0.05, 0) is 47.8 Å². The zero-order chi connectivity index (χ0) is 23.1. The van der Waals surface area contributed by atoms with E-state index in [1.807, 2.05) is 36.6 Å². The standard InChI is InChI=1S/C23H24N4O4S/c1-27-12-11-24-20(27)22(29)25-16-8-9-17(18(14-16)15-6-4-3-5-7-15)21(28)26-19(23(30)31)10-13-32-2/h3-9,11-12,14,19H,10,13H2,1-2H3,(H,25,29)(H,26,28)(H,30,31). The molecule has 2 aromatic carbocycles. The van der Waals surface area contributed by atoms with Crippen molar-refractivity contribution in [3.05, 3.63) is 72.3 Å². The molecule has 166 valence electrons. The first-order valence-electron chi connectivity index (χ1n) is 9.91. The maximum atomic E-state index is 13.0. The number of benzene rings is 2. The quantitative estimate of drug-likeness (QED) is 0.459. The number of hydrogen-bond acceptors (Lipinski definition) is 5. The minimum Gasteiger partial charge on any atom is -0.480 e. The molecule has 0 aliphatic heterocycles. The SMILES string of the molecule is CSCCC(NC(=O)c1ccc(NC(=O)c2nccn2C)cc1-c1ccccc1)C(=O)O. The average Bonchev–Trinajstić information content (AvgIpc) is 3.22. The topological polar surface area (TPSA) is 113 Å². The van der Waals surface area contributed by atoms with Gasteiger partial charge in [-0.2, -0.15) is 11.8 Å². The van der Waals surface area contributed by atoms with Gasteiger partial charge in [0.05, 0.1) is 0 Å². The lowest BCUT2D eigenvalue weighted by atomic mass is 9.98. The Labute approximate surface area is 190 Å². The largest absolute Gasteiger partial charge is 0.480 e. The fourth-order valence-electron chi connectivity index (χ4n) is 3.18. The van der Waals surface area contributed by atoms with Crippen LogP contribution in [0.5, 0.6) is 0 Å². The van der Waals surface area contributed by atoms with Crippen LogP contribution in [-0.2, 0) is 11.8 Å². The van der Waals surface area contributed by atoms with Crippen LogP contribution in [0.4, 0.5) is 5.69 Å². The number of nitrogens with zero attached hydrogens (tertiary/aromatic N) is 2. The molecule has 0 saturated heterocycles. The Morgan fingerprint density at radius 1 is 1.12 bits per heavy atom. The summed E-state index contributed by atoms with van der Waals surface area (Å²) in [5, 5.41) is 14.9. The Bertz CT molecular complexity index is 1110. The van der Waals surface area contributed by atoms with Crippen LogP contribution in [0.3, 0.4) is 0 Å². The smallest absolute Gasteiger partial charge is 0.326 e. The molecule has 0 fully saturated rings. The molecule has 0 spiro atoms. The Morgan fingerprint density at radius 2 is 1.88 bits per heavy atom. The minimum absolute atomic E-state index is 0.256. The van der Waals surface area contributed by atoms with E-state index in [-0.39, 0.29) is 11.7 Å². The third-order valence-electron chi connectivity index (χ3n) is 4.85. The molecule has 0 aliphatic carbocycles. The Kier molecular flexibility index (Phi) is 7.67. The van der Waals surface area contributed by atoms with E-state index in [0.29, 0.717) is 29.0 Å². The number of hydrogen-bond donors (Lipinski definition) is 3. The first-order chi connectivity index (χ1) is 15.4. The number of aryl methyl sites for hydroxylation is 1. The summed E-state index contributed by atoms with van der Waals surface area (Å²) in [6.07, 6.45) is 5.41. The lowest BCUT2D eigenvalue weighted by Gasteiger charge is -2.17. The number of carbonyl (C=O) groups excluding carboxylic acids is 2. The molecule has 1 unspecified atom stereocenters. The average molecular weight is 453 g/mol. The molecule has 3 rings (SSSR count). The van der Waals surface area contributed by atoms with Gasteiger partial charge in [-0.1, -0.05) is 30.3 Å². The normalized spacial score (nSPS) is 11.6. The minimum atomic E-state index is -1.08. The predicted molar refractivity (Wildman–Crippen MR) is 125 cm³/mol. The van der Waals surface area contributed by atoms with Gasteiger partial charge in [-0.15, -0.1) is 0 Å². The summed E-state index contributed by atoms with van der Waals surface area (Å²) in [7, 11) is 1.72. The van der Waals surface area contributed by atoms with Crippen molar-refractivity contribution in [3.63, 3.8) is 0 Å². The monoisotopic (exact) mass is 452 g/mol. The van der Waals surface area contributed by atoms with Gasteiger partial charge in [-0.3, -0.25) is 9.59 Å². The molecule has 0 saturated carbocycles. The molecule has 0 bridgehead atoms. The fourth-order valence-corrected chi connectivity index (χ4v) is 3.65. The van der Waals surface area contributed by atoms with Crippen molar-refractivity contribution in [1.82, 2.24) is 14.9 Å². The van der Waals surface area contributed by atoms with Crippen LogP contribution in [0.2, 0.25) is 0 Å². The fraction of sp³-hybridized carbons (Fsp3) is 0.217. The van der Waals surface area contributed by atoms with E-state index in [9.17, 15) is 19.5 Å². The molecule has 3 N–H and O–H groups in total. The highest BCUT2D eigenvalue weighted by molar-refractivity contribution is 7.98. The number of aromatic nitrogens is 2. The van der Waals surface area contributed by atoms with E-state index < -0.39 is 17.9 Å². The summed E-state index contributed by atoms with van der Waals surface area (Å²) in [4.78, 5) is 41.1. The van der Waals surface area contributed by atoms with Crippen LogP contribution in [-0.4, -0.2) is 50.5 Å². The number of carbonyl (C=O) groups is 3. The number of nitrogens with one attached hydrogen (secondary N) is 2. The van der Waals surface area contributed by atoms with Gasteiger partial charge < -0.3 is 20.3 Å². The summed E-state index contributed by atoms with van der Waals surface area (Å²) >= 11 is 1.52. The summed E-state index contributed by atoms with van der Waals surface area (Å²) in [6, 6.07) is 13.1. The van der Waals surface area contributed by atoms with E-state index in [0.717, 1.165) is 5.56 Å². The Balaban J connectivity index is 1.92. The van der Waals surface area contributed by atoms with Crippen molar-refractivity contribution in [2.45, 2.75) is 12.5 Å². The maximum Gasteiger partial charge on any atom is 0.326 e. The van der Waals surface area contributed by atoms with Gasteiger partial charge in [-0.25, -0.2) is 9.78 Å². The second-order valence-electron chi connectivity index (χ2n) is 7.09. The second kappa shape index (κ2) is 10.6. The van der Waals surface area contributed by atoms with Crippen LogP contribution in [0.25, 0.3) is 11.1 Å². The van der Waals surface area contributed by atoms with Crippen LogP contribution >= 0.6 is 11.8 Å². The number of carboxylic acid groups (broad SMARTS) is 1. The van der Waals surface area contributed by atoms with E-state index in [1.165, 1.54) is 18.0 Å². The lowest BCUT2D eigenvalue weighted by Crippen LogP contribution is -2.41. The molecule has 2 amide bonds. The van der Waals surface area contributed by atoms with E-state index in [2.05, 4.69) is 15.6 Å². The molecule has 9 heteroatoms. The van der Waals surface area contributed by atoms with E-state index in [4.69, 9.17) is 0 Å². The molecule has 0 aliphatic rings. The van der Waals surface area contributed by atoms with Gasteiger partial charge in [0.1, 0.15) is 6.04 Å². The highest BCUT2D eigenvalue weighted by Gasteiger charge is 2.22. The number of amides is 2. The third-order valence-corrected chi connectivity index (χ3v) is 5.49. The van der Waals surface area contributed by atoms with Crippen molar-refractivity contribution in [3.8, 4) is 11.1 Å². The molecular weight excluding hydrogens is 428 g/mol. The summed E-state index contributed by atoms with van der Waals surface area (Å²) in [5.74, 6) is -1.07. The van der Waals surface area contributed by atoms with Gasteiger partial charge in [0.25, 0.3) is 11.8 Å². The van der Waals surface area contributed by atoms with Crippen molar-refractivity contribution < 1.29 is 19.5 Å². The number of thioether (sulfide) groups is 1. The second-order valence-corrected chi connectivity index (χ2v) is 8.07. The first kappa shape index (κ1) is 23.1. The van der Waals surface area contributed by atoms with E-state index in [1.54, 1.807) is 36.0 Å². The lowest BCUT2D eigenvalue weighted by molar-refractivity contribution is -0.139. The van der Waals surface area contributed by atoms with Gasteiger partial charge in [0, 0.05) is 30.7 Å². The first-order valence-corrected chi connectivity index (χ1v) is 11.3. The molecule has 3 aromatic rings. The summed E-state index contributed by atoms with van der Waals surface area (Å²) in [5.41, 5.74) is 2.16. The van der Waals surface area contributed by atoms with Crippen molar-refractivity contribution >= 4 is 35.2 Å². The zero-order valence-electron chi connectivity index (χ0n) is 17.7. The molecule has 0 radical (unpaired) electrons. The Morgan fingerprint density at radius 3 is 2.50 bits per heavy atom. The van der Waals surface area contributed by atoms with Crippen LogP contribution in [0.15, 0.2) is 60.9 Å². The molecule has 1 atom stereocenters. The van der Waals surface area contributed by atoms with Crippen LogP contribution in [0.1, 0.15) is 27.4 Å². The number of imidazole rings is 1. The van der Waals surface area contributed by atoms with Gasteiger partial charge >= 0.3 is 5.97 Å². The summed E-state index contributed by atoms with van der Waals surface area (Å²) in [6.45, 7) is 0. The van der Waals surface area contributed by atoms with Crippen molar-refractivity contribution in [2.24, 2.45) is 7.05 Å². The number of anilines is 1. The van der Waals surface area contributed by atoms with Crippen LogP contribution < -0.4 is 10.6 Å². The Hall–Kier alpha value is -3.59. The molecular formula is C23H24N4O4S. The van der Waals surface area contributed by atoms with Crippen molar-refractivity contribution in [1.29, 1.82) is 0 Å². The highest BCUT2D eigenvalue weighted by Crippen LogP contribution is 2.27. The van der Waals surface area contributed by atoms with Crippen LogP contribution in [0, 0.1) is 0 Å². The highest BCUT2D eigenvalue weighted by atomic mass is 32.2. The maximum absolute atomic E-state index is 13.0.